The Bertz CT molecular complexity index is 820. The van der Waals surface area contributed by atoms with Crippen LogP contribution in [-0.2, 0) is 14.8 Å². The number of unbranched alkanes of at least 4 members (excludes halogenated alkanes) is 2. The van der Waals surface area contributed by atoms with Gasteiger partial charge in [-0.3, -0.25) is 4.79 Å². The fraction of sp³-hybridized carbons (Fsp3) is 0.526. The van der Waals surface area contributed by atoms with Crippen LogP contribution in [0.1, 0.15) is 38.5 Å². The predicted molar refractivity (Wildman–Crippen MR) is 103 cm³/mol. The maximum atomic E-state index is 13.4. The molecule has 1 unspecified atom stereocenters. The minimum atomic E-state index is -3.50. The number of nitrogens with one attached hydrogen (secondary N) is 1. The number of hydrogen-bond acceptors (Lipinski definition) is 5. The number of carboxylic acids is 1. The predicted octanol–water partition coefficient (Wildman–Crippen LogP) is 2.05. The highest BCUT2D eigenvalue weighted by atomic mass is 32.2. The highest BCUT2D eigenvalue weighted by Crippen LogP contribution is 2.19. The van der Waals surface area contributed by atoms with Crippen LogP contribution in [0, 0.1) is 23.5 Å². The lowest BCUT2D eigenvalue weighted by Gasteiger charge is -2.13. The lowest BCUT2D eigenvalue weighted by atomic mass is 10.2. The first kappa shape index (κ1) is 24.8. The maximum Gasteiger partial charge on any atom is 0.303 e. The summed E-state index contributed by atoms with van der Waals surface area (Å²) in [5, 5.41) is 18.3. The van der Waals surface area contributed by atoms with Crippen LogP contribution in [0.3, 0.4) is 0 Å². The topological polar surface area (TPSA) is 113 Å². The van der Waals surface area contributed by atoms with Crippen LogP contribution in [0.5, 0.6) is 5.75 Å². The van der Waals surface area contributed by atoms with E-state index in [1.54, 1.807) is 0 Å². The largest absolute Gasteiger partial charge is 0.488 e. The van der Waals surface area contributed by atoms with Crippen LogP contribution in [0.4, 0.5) is 8.78 Å². The van der Waals surface area contributed by atoms with Crippen molar-refractivity contribution >= 4 is 16.0 Å². The average Bonchev–Trinajstić information content (AvgIpc) is 2.65. The second-order valence-electron chi connectivity index (χ2n) is 6.25. The van der Waals surface area contributed by atoms with Crippen LogP contribution in [0.15, 0.2) is 18.2 Å². The first-order chi connectivity index (χ1) is 13.7. The van der Waals surface area contributed by atoms with E-state index in [-0.39, 0.29) is 37.5 Å². The van der Waals surface area contributed by atoms with Crippen LogP contribution >= 0.6 is 0 Å². The number of rotatable bonds is 13. The van der Waals surface area contributed by atoms with Crippen LogP contribution in [0.2, 0.25) is 0 Å². The van der Waals surface area contributed by atoms with E-state index >= 15 is 0 Å². The van der Waals surface area contributed by atoms with Crippen molar-refractivity contribution in [3.63, 3.8) is 0 Å². The molecule has 0 aliphatic carbocycles. The van der Waals surface area contributed by atoms with Gasteiger partial charge in [-0.1, -0.05) is 12.0 Å². The van der Waals surface area contributed by atoms with Gasteiger partial charge >= 0.3 is 5.97 Å². The summed E-state index contributed by atoms with van der Waals surface area (Å²) in [5.74, 6) is 1.82. The molecule has 7 nitrogen and oxygen atoms in total. The average molecular weight is 433 g/mol. The van der Waals surface area contributed by atoms with E-state index in [9.17, 15) is 27.1 Å². The van der Waals surface area contributed by atoms with Crippen molar-refractivity contribution < 1.29 is 36.9 Å². The molecule has 3 N–H and O–H groups in total. The number of carboxylic acid groups (broad SMARTS) is 1. The van der Waals surface area contributed by atoms with Crippen molar-refractivity contribution in [1.82, 2.24) is 4.72 Å². The summed E-state index contributed by atoms with van der Waals surface area (Å²) >= 11 is 0. The minimum absolute atomic E-state index is 0.0223. The summed E-state index contributed by atoms with van der Waals surface area (Å²) < 4.78 is 57.5. The highest BCUT2D eigenvalue weighted by Gasteiger charge is 2.13. The minimum Gasteiger partial charge on any atom is -0.488 e. The Morgan fingerprint density at radius 3 is 2.69 bits per heavy atom. The molecule has 0 saturated heterocycles. The number of aliphatic hydroxyl groups excluding tert-OH is 1. The van der Waals surface area contributed by atoms with Crippen LogP contribution in [-0.4, -0.2) is 49.6 Å². The van der Waals surface area contributed by atoms with Gasteiger partial charge in [-0.05, 0) is 37.8 Å². The molecule has 0 aliphatic rings. The number of ether oxygens (including phenoxy) is 1. The zero-order chi connectivity index (χ0) is 21.7. The summed E-state index contributed by atoms with van der Waals surface area (Å²) in [6.07, 6.45) is 0.820. The van der Waals surface area contributed by atoms with E-state index in [0.717, 1.165) is 6.07 Å². The molecule has 0 radical (unpaired) electrons. The lowest BCUT2D eigenvalue weighted by molar-refractivity contribution is -0.137. The summed E-state index contributed by atoms with van der Waals surface area (Å²) in [4.78, 5) is 10.3. The molecule has 0 bridgehead atoms. The number of aliphatic carboxylic acids is 1. The van der Waals surface area contributed by atoms with E-state index in [0.29, 0.717) is 25.7 Å². The lowest BCUT2D eigenvalue weighted by Crippen LogP contribution is -2.27. The zero-order valence-corrected chi connectivity index (χ0v) is 16.7. The van der Waals surface area contributed by atoms with Gasteiger partial charge in [0.05, 0.1) is 18.4 Å². The molecule has 162 valence electrons. The van der Waals surface area contributed by atoms with Crippen molar-refractivity contribution in [2.45, 2.75) is 44.6 Å². The van der Waals surface area contributed by atoms with Gasteiger partial charge in [-0.25, -0.2) is 17.5 Å². The molecule has 10 heteroatoms. The van der Waals surface area contributed by atoms with Gasteiger partial charge in [0.15, 0.2) is 11.6 Å². The Labute approximate surface area is 169 Å². The Kier molecular flexibility index (Phi) is 11.2. The normalized spacial score (nSPS) is 12.1. The Morgan fingerprint density at radius 2 is 1.97 bits per heavy atom. The molecular formula is C19H25F2NO6S. The van der Waals surface area contributed by atoms with Crippen molar-refractivity contribution in [1.29, 1.82) is 0 Å². The Hall–Kier alpha value is -2.22. The third-order valence-electron chi connectivity index (χ3n) is 3.75. The monoisotopic (exact) mass is 433 g/mol. The quantitative estimate of drug-likeness (QED) is 0.324. The Morgan fingerprint density at radius 1 is 1.21 bits per heavy atom. The highest BCUT2D eigenvalue weighted by molar-refractivity contribution is 7.89. The first-order valence-corrected chi connectivity index (χ1v) is 10.8. The molecule has 1 rings (SSSR count). The third-order valence-corrected chi connectivity index (χ3v) is 5.16. The SMILES string of the molecule is O=C(O)CCCC#CCNS(=O)(=O)CCCCC(O)COc1cccc(F)c1F. The molecule has 1 atom stereocenters. The summed E-state index contributed by atoms with van der Waals surface area (Å²) in [7, 11) is -3.50. The van der Waals surface area contributed by atoms with Gasteiger partial charge in [0.25, 0.3) is 0 Å². The smallest absolute Gasteiger partial charge is 0.303 e. The fourth-order valence-corrected chi connectivity index (χ4v) is 3.25. The summed E-state index contributed by atoms with van der Waals surface area (Å²) in [5.41, 5.74) is 0. The second kappa shape index (κ2) is 13.1. The van der Waals surface area contributed by atoms with E-state index in [1.807, 2.05) is 0 Å². The first-order valence-electron chi connectivity index (χ1n) is 9.11. The van der Waals surface area contributed by atoms with Crippen LogP contribution in [0.25, 0.3) is 0 Å². The van der Waals surface area contributed by atoms with Crippen LogP contribution < -0.4 is 9.46 Å². The van der Waals surface area contributed by atoms with E-state index in [2.05, 4.69) is 16.6 Å². The molecule has 0 saturated carbocycles. The molecule has 0 fully saturated rings. The van der Waals surface area contributed by atoms with Gasteiger partial charge in [0.1, 0.15) is 6.61 Å². The molecule has 1 aromatic rings. The van der Waals surface area contributed by atoms with Gasteiger partial charge in [-0.2, -0.15) is 4.39 Å². The molecule has 0 heterocycles. The molecule has 0 spiro atoms. The van der Waals surface area contributed by atoms with Gasteiger partial charge in [0.2, 0.25) is 15.8 Å². The zero-order valence-electron chi connectivity index (χ0n) is 15.9. The molecule has 0 amide bonds. The molecule has 29 heavy (non-hydrogen) atoms. The van der Waals surface area contributed by atoms with Crippen molar-refractivity contribution in [3.8, 4) is 17.6 Å². The van der Waals surface area contributed by atoms with Crippen molar-refractivity contribution in [2.24, 2.45) is 0 Å². The Balaban J connectivity index is 2.18. The fourth-order valence-electron chi connectivity index (χ4n) is 2.23. The van der Waals surface area contributed by atoms with Crippen molar-refractivity contribution in [3.05, 3.63) is 29.8 Å². The molecular weight excluding hydrogens is 408 g/mol. The number of benzene rings is 1. The number of halogens is 2. The van der Waals surface area contributed by atoms with E-state index in [1.165, 1.54) is 12.1 Å². The number of sulfonamides is 1. The summed E-state index contributed by atoms with van der Waals surface area (Å²) in [6.45, 7) is -0.284. The summed E-state index contributed by atoms with van der Waals surface area (Å²) in [6, 6.07) is 3.50. The van der Waals surface area contributed by atoms with Gasteiger partial charge < -0.3 is 14.9 Å². The third kappa shape index (κ3) is 11.4. The number of carbonyl (C=O) groups is 1. The van der Waals surface area contributed by atoms with Gasteiger partial charge in [0, 0.05) is 12.8 Å². The standard InChI is InChI=1S/C19H25F2NO6S/c20-16-9-7-10-17(19(16)21)28-14-15(23)8-4-6-13-29(26,27)22-12-5-2-1-3-11-18(24)25/h7,9-10,15,22-23H,1,3-4,6,8,11-14H2,(H,24,25). The second-order valence-corrected chi connectivity index (χ2v) is 8.18. The van der Waals surface area contributed by atoms with Crippen molar-refractivity contribution in [2.75, 3.05) is 18.9 Å². The number of hydrogen-bond donors (Lipinski definition) is 3. The van der Waals surface area contributed by atoms with Gasteiger partial charge in [-0.15, -0.1) is 5.92 Å². The van der Waals surface area contributed by atoms with E-state index < -0.39 is 33.7 Å². The van der Waals surface area contributed by atoms with E-state index in [4.69, 9.17) is 9.84 Å². The molecule has 0 aliphatic heterocycles. The molecule has 1 aromatic carbocycles. The maximum absolute atomic E-state index is 13.4. The number of aliphatic hydroxyl groups is 1. The molecule has 0 aromatic heterocycles.